The maximum absolute atomic E-state index is 5.98. The van der Waals surface area contributed by atoms with Gasteiger partial charge in [-0.1, -0.05) is 6.42 Å². The van der Waals surface area contributed by atoms with Crippen LogP contribution in [0.2, 0.25) is 0 Å². The standard InChI is InChI=1S/C18H25N3O3/c1-13-8-9-16(23-13)15(12-22-2)20-17-10-19-11-18(21-17)24-14-6-4-3-5-7-14/h8-11,14-15H,3-7,12H2,1-2H3,(H,20,21). The smallest absolute Gasteiger partial charge is 0.234 e. The second-order valence-electron chi connectivity index (χ2n) is 6.22. The average Bonchev–Trinajstić information content (AvgIpc) is 3.02. The van der Waals surface area contributed by atoms with E-state index in [0.29, 0.717) is 18.3 Å². The van der Waals surface area contributed by atoms with E-state index in [0.717, 1.165) is 24.4 Å². The van der Waals surface area contributed by atoms with Gasteiger partial charge < -0.3 is 19.2 Å². The summed E-state index contributed by atoms with van der Waals surface area (Å²) in [5.74, 6) is 2.90. The molecule has 1 N–H and O–H groups in total. The van der Waals surface area contributed by atoms with Crippen molar-refractivity contribution < 1.29 is 13.9 Å². The van der Waals surface area contributed by atoms with Crippen LogP contribution >= 0.6 is 0 Å². The van der Waals surface area contributed by atoms with E-state index in [-0.39, 0.29) is 12.1 Å². The number of furan rings is 1. The van der Waals surface area contributed by atoms with Gasteiger partial charge in [-0.2, -0.15) is 4.98 Å². The van der Waals surface area contributed by atoms with Crippen LogP contribution in [0.15, 0.2) is 28.9 Å². The van der Waals surface area contributed by atoms with E-state index in [2.05, 4.69) is 15.3 Å². The van der Waals surface area contributed by atoms with E-state index in [1.54, 1.807) is 19.5 Å². The zero-order chi connectivity index (χ0) is 16.8. The number of aryl methyl sites for hydroxylation is 1. The van der Waals surface area contributed by atoms with Crippen LogP contribution in [0.3, 0.4) is 0 Å². The molecular formula is C18H25N3O3. The maximum Gasteiger partial charge on any atom is 0.234 e. The van der Waals surface area contributed by atoms with Gasteiger partial charge in [-0.05, 0) is 44.7 Å². The van der Waals surface area contributed by atoms with Crippen LogP contribution in [0.1, 0.15) is 49.7 Å². The predicted octanol–water partition coefficient (Wildman–Crippen LogP) is 3.89. The van der Waals surface area contributed by atoms with Gasteiger partial charge in [0.25, 0.3) is 0 Å². The Morgan fingerprint density at radius 2 is 2.08 bits per heavy atom. The average molecular weight is 331 g/mol. The van der Waals surface area contributed by atoms with Crippen LogP contribution in [0.25, 0.3) is 0 Å². The molecule has 0 bridgehead atoms. The summed E-state index contributed by atoms with van der Waals surface area (Å²) in [4.78, 5) is 8.77. The lowest BCUT2D eigenvalue weighted by Crippen LogP contribution is -2.21. The summed E-state index contributed by atoms with van der Waals surface area (Å²) in [5, 5.41) is 3.31. The van der Waals surface area contributed by atoms with Crippen molar-refractivity contribution in [1.29, 1.82) is 0 Å². The van der Waals surface area contributed by atoms with Gasteiger partial charge in [0.05, 0.1) is 19.0 Å². The molecule has 2 heterocycles. The largest absolute Gasteiger partial charge is 0.473 e. The van der Waals surface area contributed by atoms with Crippen molar-refractivity contribution in [3.05, 3.63) is 36.0 Å². The summed E-state index contributed by atoms with van der Waals surface area (Å²) in [6.07, 6.45) is 9.55. The Morgan fingerprint density at radius 1 is 1.25 bits per heavy atom. The van der Waals surface area contributed by atoms with Crippen molar-refractivity contribution in [1.82, 2.24) is 9.97 Å². The maximum atomic E-state index is 5.98. The van der Waals surface area contributed by atoms with Crippen LogP contribution in [0.4, 0.5) is 5.82 Å². The monoisotopic (exact) mass is 331 g/mol. The summed E-state index contributed by atoms with van der Waals surface area (Å²) in [5.41, 5.74) is 0. The van der Waals surface area contributed by atoms with Crippen molar-refractivity contribution in [3.8, 4) is 5.88 Å². The first-order valence-electron chi connectivity index (χ1n) is 8.55. The first kappa shape index (κ1) is 16.8. The number of aromatic nitrogens is 2. The molecule has 0 aromatic carbocycles. The zero-order valence-electron chi connectivity index (χ0n) is 14.3. The minimum Gasteiger partial charge on any atom is -0.473 e. The third kappa shape index (κ3) is 4.47. The summed E-state index contributed by atoms with van der Waals surface area (Å²) < 4.78 is 17.0. The topological polar surface area (TPSA) is 69.4 Å². The molecule has 6 heteroatoms. The number of hydrogen-bond donors (Lipinski definition) is 1. The lowest BCUT2D eigenvalue weighted by molar-refractivity contribution is 0.148. The van der Waals surface area contributed by atoms with Gasteiger partial charge in [-0.25, -0.2) is 0 Å². The van der Waals surface area contributed by atoms with Crippen molar-refractivity contribution in [3.63, 3.8) is 0 Å². The molecule has 130 valence electrons. The van der Waals surface area contributed by atoms with E-state index in [4.69, 9.17) is 13.9 Å². The van der Waals surface area contributed by atoms with E-state index >= 15 is 0 Å². The third-order valence-electron chi connectivity index (χ3n) is 4.21. The van der Waals surface area contributed by atoms with Crippen LogP contribution in [-0.2, 0) is 4.74 Å². The van der Waals surface area contributed by atoms with Gasteiger partial charge in [0.1, 0.15) is 29.5 Å². The summed E-state index contributed by atoms with van der Waals surface area (Å²) in [7, 11) is 1.67. The molecule has 1 unspecified atom stereocenters. The normalized spacial score (nSPS) is 16.8. The Morgan fingerprint density at radius 3 is 2.79 bits per heavy atom. The summed E-state index contributed by atoms with van der Waals surface area (Å²) in [6, 6.07) is 3.76. The quantitative estimate of drug-likeness (QED) is 0.830. The Balaban J connectivity index is 1.67. The molecular weight excluding hydrogens is 306 g/mol. The molecule has 24 heavy (non-hydrogen) atoms. The summed E-state index contributed by atoms with van der Waals surface area (Å²) in [6.45, 7) is 2.40. The van der Waals surface area contributed by atoms with Crippen molar-refractivity contribution in [2.24, 2.45) is 0 Å². The van der Waals surface area contributed by atoms with E-state index in [1.165, 1.54) is 19.3 Å². The van der Waals surface area contributed by atoms with Gasteiger partial charge in [0.15, 0.2) is 0 Å². The number of nitrogens with zero attached hydrogens (tertiary/aromatic N) is 2. The lowest BCUT2D eigenvalue weighted by Gasteiger charge is -2.22. The number of hydrogen-bond acceptors (Lipinski definition) is 6. The highest BCUT2D eigenvalue weighted by atomic mass is 16.5. The molecule has 0 aliphatic heterocycles. The first-order valence-corrected chi connectivity index (χ1v) is 8.55. The highest BCUT2D eigenvalue weighted by Gasteiger charge is 2.18. The molecule has 2 aromatic rings. The molecule has 6 nitrogen and oxygen atoms in total. The highest BCUT2D eigenvalue weighted by Crippen LogP contribution is 2.24. The molecule has 2 aromatic heterocycles. The zero-order valence-corrected chi connectivity index (χ0v) is 14.3. The van der Waals surface area contributed by atoms with E-state index in [9.17, 15) is 0 Å². The van der Waals surface area contributed by atoms with E-state index < -0.39 is 0 Å². The molecule has 1 aliphatic carbocycles. The van der Waals surface area contributed by atoms with Crippen molar-refractivity contribution in [2.75, 3.05) is 19.0 Å². The minimum atomic E-state index is -0.122. The summed E-state index contributed by atoms with van der Waals surface area (Å²) >= 11 is 0. The fraction of sp³-hybridized carbons (Fsp3) is 0.556. The van der Waals surface area contributed by atoms with E-state index in [1.807, 2.05) is 19.1 Å². The van der Waals surface area contributed by atoms with Crippen LogP contribution in [0, 0.1) is 6.92 Å². The fourth-order valence-electron chi connectivity index (χ4n) is 3.01. The number of anilines is 1. The highest BCUT2D eigenvalue weighted by molar-refractivity contribution is 5.36. The molecule has 3 rings (SSSR count). The second kappa shape index (κ2) is 8.15. The van der Waals surface area contributed by atoms with Gasteiger partial charge in [0.2, 0.25) is 5.88 Å². The molecule has 1 fully saturated rings. The van der Waals surface area contributed by atoms with Gasteiger partial charge in [-0.3, -0.25) is 4.98 Å². The number of ether oxygens (including phenoxy) is 2. The molecule has 1 saturated carbocycles. The second-order valence-corrected chi connectivity index (χ2v) is 6.22. The fourth-order valence-corrected chi connectivity index (χ4v) is 3.01. The molecule has 0 amide bonds. The van der Waals surface area contributed by atoms with Gasteiger partial charge >= 0.3 is 0 Å². The van der Waals surface area contributed by atoms with Crippen molar-refractivity contribution >= 4 is 5.82 Å². The SMILES string of the molecule is COCC(Nc1cncc(OC2CCCCC2)n1)c1ccc(C)o1. The van der Waals surface area contributed by atoms with Crippen LogP contribution < -0.4 is 10.1 Å². The van der Waals surface area contributed by atoms with Crippen LogP contribution in [0.5, 0.6) is 5.88 Å². The minimum absolute atomic E-state index is 0.122. The molecule has 0 spiro atoms. The van der Waals surface area contributed by atoms with Crippen molar-refractivity contribution in [2.45, 2.75) is 51.2 Å². The van der Waals surface area contributed by atoms with Crippen LogP contribution in [-0.4, -0.2) is 29.8 Å². The molecule has 0 radical (unpaired) electrons. The first-order chi connectivity index (χ1) is 11.7. The predicted molar refractivity (Wildman–Crippen MR) is 91.2 cm³/mol. The Bertz CT molecular complexity index is 638. The van der Waals surface area contributed by atoms with Gasteiger partial charge in [-0.15, -0.1) is 0 Å². The number of rotatable bonds is 7. The molecule has 1 aliphatic rings. The van der Waals surface area contributed by atoms with Gasteiger partial charge in [0, 0.05) is 7.11 Å². The molecule has 0 saturated heterocycles. The lowest BCUT2D eigenvalue weighted by atomic mass is 9.98. The number of methoxy groups -OCH3 is 1. The number of nitrogens with one attached hydrogen (secondary N) is 1. The third-order valence-corrected chi connectivity index (χ3v) is 4.21. The Kier molecular flexibility index (Phi) is 5.69. The Hall–Kier alpha value is -2.08. The Labute approximate surface area is 142 Å². The molecule has 1 atom stereocenters.